The third-order valence-corrected chi connectivity index (χ3v) is 2.17. The fourth-order valence-corrected chi connectivity index (χ4v) is 1.39. The Morgan fingerprint density at radius 1 is 1.41 bits per heavy atom. The van der Waals surface area contributed by atoms with Crippen LogP contribution in [0.2, 0.25) is 0 Å². The van der Waals surface area contributed by atoms with Gasteiger partial charge in [0, 0.05) is 12.6 Å². The molecule has 0 saturated heterocycles. The van der Waals surface area contributed by atoms with E-state index in [-0.39, 0.29) is 12.4 Å². The summed E-state index contributed by atoms with van der Waals surface area (Å²) in [6.45, 7) is 2.10. The summed E-state index contributed by atoms with van der Waals surface area (Å²) in [4.78, 5) is 26.7. The summed E-state index contributed by atoms with van der Waals surface area (Å²) in [5.41, 5.74) is 0.937. The van der Waals surface area contributed by atoms with Gasteiger partial charge in [-0.25, -0.2) is 4.79 Å². The van der Waals surface area contributed by atoms with Crippen LogP contribution in [0.5, 0.6) is 0 Å². The summed E-state index contributed by atoms with van der Waals surface area (Å²) in [5.74, 6) is -0.745. The maximum absolute atomic E-state index is 11.4. The van der Waals surface area contributed by atoms with Crippen molar-refractivity contribution in [2.45, 2.75) is 19.8 Å². The van der Waals surface area contributed by atoms with Gasteiger partial charge in [-0.2, -0.15) is 0 Å². The fourth-order valence-electron chi connectivity index (χ4n) is 1.39. The summed E-state index contributed by atoms with van der Waals surface area (Å²) in [6.07, 6.45) is 2.14. The van der Waals surface area contributed by atoms with Gasteiger partial charge in [-0.15, -0.1) is 0 Å². The number of pyridine rings is 1. The molecule has 0 aliphatic heterocycles. The van der Waals surface area contributed by atoms with Crippen LogP contribution < -0.4 is 0 Å². The summed E-state index contributed by atoms with van der Waals surface area (Å²) in [7, 11) is 1.31. The van der Waals surface area contributed by atoms with E-state index in [0.717, 1.165) is 0 Å². The minimum atomic E-state index is -0.447. The molecule has 0 radical (unpaired) electrons. The van der Waals surface area contributed by atoms with Crippen molar-refractivity contribution in [1.82, 2.24) is 4.98 Å². The molecule has 0 spiro atoms. The Bertz CT molecular complexity index is 403. The third-order valence-electron chi connectivity index (χ3n) is 2.17. The highest BCUT2D eigenvalue weighted by molar-refractivity contribution is 5.90. The van der Waals surface area contributed by atoms with Gasteiger partial charge < -0.3 is 9.47 Å². The van der Waals surface area contributed by atoms with Crippen molar-refractivity contribution in [3.05, 3.63) is 29.6 Å². The molecule has 0 unspecified atom stereocenters. The molecule has 92 valence electrons. The molecule has 0 bridgehead atoms. The number of ether oxygens (including phenoxy) is 2. The zero-order chi connectivity index (χ0) is 12.7. The summed E-state index contributed by atoms with van der Waals surface area (Å²) in [6, 6.07) is 3.28. The molecule has 17 heavy (non-hydrogen) atoms. The van der Waals surface area contributed by atoms with E-state index in [1.165, 1.54) is 7.11 Å². The number of esters is 2. The Kier molecular flexibility index (Phi) is 5.13. The second-order valence-corrected chi connectivity index (χ2v) is 3.29. The van der Waals surface area contributed by atoms with Gasteiger partial charge in [0.1, 0.15) is 0 Å². The molecule has 0 aliphatic rings. The monoisotopic (exact) mass is 237 g/mol. The van der Waals surface area contributed by atoms with Crippen LogP contribution in [0.4, 0.5) is 0 Å². The Balaban J connectivity index is 2.70. The zero-order valence-electron chi connectivity index (χ0n) is 9.93. The number of carbonyl (C=O) groups excluding carboxylic acids is 2. The highest BCUT2D eigenvalue weighted by atomic mass is 16.5. The van der Waals surface area contributed by atoms with Gasteiger partial charge in [-0.3, -0.25) is 9.78 Å². The smallest absolute Gasteiger partial charge is 0.339 e. The molecule has 0 fully saturated rings. The molecule has 1 heterocycles. The van der Waals surface area contributed by atoms with Crippen molar-refractivity contribution >= 4 is 11.9 Å². The van der Waals surface area contributed by atoms with Crippen LogP contribution in [0.1, 0.15) is 29.4 Å². The number of nitrogens with zero attached hydrogens (tertiary/aromatic N) is 1. The Labute approximate surface area is 99.8 Å². The van der Waals surface area contributed by atoms with Crippen molar-refractivity contribution in [2.24, 2.45) is 0 Å². The molecule has 1 aromatic heterocycles. The van der Waals surface area contributed by atoms with Crippen LogP contribution in [-0.4, -0.2) is 30.6 Å². The summed E-state index contributed by atoms with van der Waals surface area (Å²) >= 11 is 0. The lowest BCUT2D eigenvalue weighted by Gasteiger charge is -2.06. The van der Waals surface area contributed by atoms with Crippen molar-refractivity contribution in [2.75, 3.05) is 13.7 Å². The van der Waals surface area contributed by atoms with Crippen LogP contribution >= 0.6 is 0 Å². The number of methoxy groups -OCH3 is 1. The highest BCUT2D eigenvalue weighted by Crippen LogP contribution is 2.09. The standard InChI is InChI=1S/C12H15NO4/c1-3-17-11(14)7-6-10-9(12(15)16-2)5-4-8-13-10/h4-5,8H,3,6-7H2,1-2H3. The first kappa shape index (κ1) is 13.2. The molecule has 0 atom stereocenters. The molecular formula is C12H15NO4. The number of rotatable bonds is 5. The van der Waals surface area contributed by atoms with Crippen LogP contribution in [0, 0.1) is 0 Å². The van der Waals surface area contributed by atoms with Gasteiger partial charge in [0.25, 0.3) is 0 Å². The first-order valence-corrected chi connectivity index (χ1v) is 5.36. The largest absolute Gasteiger partial charge is 0.466 e. The molecule has 0 aromatic carbocycles. The van der Waals surface area contributed by atoms with Crippen molar-refractivity contribution in [3.63, 3.8) is 0 Å². The Morgan fingerprint density at radius 2 is 2.18 bits per heavy atom. The quantitative estimate of drug-likeness (QED) is 0.723. The number of carbonyl (C=O) groups is 2. The number of aromatic nitrogens is 1. The maximum atomic E-state index is 11.4. The average Bonchev–Trinajstić information content (AvgIpc) is 2.36. The molecule has 0 amide bonds. The number of hydrogen-bond donors (Lipinski definition) is 0. The van der Waals surface area contributed by atoms with E-state index in [2.05, 4.69) is 9.72 Å². The van der Waals surface area contributed by atoms with E-state index in [9.17, 15) is 9.59 Å². The van der Waals surface area contributed by atoms with Gasteiger partial charge in [-0.1, -0.05) is 0 Å². The first-order valence-electron chi connectivity index (χ1n) is 5.36. The van der Waals surface area contributed by atoms with Crippen LogP contribution in [0.3, 0.4) is 0 Å². The van der Waals surface area contributed by atoms with E-state index in [0.29, 0.717) is 24.3 Å². The van der Waals surface area contributed by atoms with E-state index < -0.39 is 5.97 Å². The van der Waals surface area contributed by atoms with Gasteiger partial charge in [0.15, 0.2) is 0 Å². The van der Waals surface area contributed by atoms with Gasteiger partial charge in [-0.05, 0) is 19.1 Å². The van der Waals surface area contributed by atoms with Crippen LogP contribution in [-0.2, 0) is 20.7 Å². The van der Waals surface area contributed by atoms with E-state index >= 15 is 0 Å². The Hall–Kier alpha value is -1.91. The predicted octanol–water partition coefficient (Wildman–Crippen LogP) is 1.36. The predicted molar refractivity (Wildman–Crippen MR) is 60.5 cm³/mol. The second kappa shape index (κ2) is 6.62. The lowest BCUT2D eigenvalue weighted by molar-refractivity contribution is -0.143. The highest BCUT2D eigenvalue weighted by Gasteiger charge is 2.13. The van der Waals surface area contributed by atoms with Crippen molar-refractivity contribution in [1.29, 1.82) is 0 Å². The average molecular weight is 237 g/mol. The minimum absolute atomic E-state index is 0.203. The van der Waals surface area contributed by atoms with Crippen LogP contribution in [0.25, 0.3) is 0 Å². The molecule has 5 heteroatoms. The maximum Gasteiger partial charge on any atom is 0.339 e. The molecule has 0 aliphatic carbocycles. The first-order chi connectivity index (χ1) is 8.19. The SMILES string of the molecule is CCOC(=O)CCc1ncccc1C(=O)OC. The Morgan fingerprint density at radius 3 is 2.82 bits per heavy atom. The fraction of sp³-hybridized carbons (Fsp3) is 0.417. The number of hydrogen-bond acceptors (Lipinski definition) is 5. The van der Waals surface area contributed by atoms with Crippen molar-refractivity contribution in [3.8, 4) is 0 Å². The van der Waals surface area contributed by atoms with E-state index in [1.807, 2.05) is 0 Å². The lowest BCUT2D eigenvalue weighted by atomic mass is 10.1. The molecule has 0 N–H and O–H groups in total. The molecule has 1 aromatic rings. The number of aryl methyl sites for hydroxylation is 1. The van der Waals surface area contributed by atoms with Gasteiger partial charge >= 0.3 is 11.9 Å². The van der Waals surface area contributed by atoms with E-state index in [4.69, 9.17) is 4.74 Å². The van der Waals surface area contributed by atoms with Crippen molar-refractivity contribution < 1.29 is 19.1 Å². The lowest BCUT2D eigenvalue weighted by Crippen LogP contribution is -2.10. The van der Waals surface area contributed by atoms with Crippen LogP contribution in [0.15, 0.2) is 18.3 Å². The van der Waals surface area contributed by atoms with Gasteiger partial charge in [0.2, 0.25) is 0 Å². The molecule has 5 nitrogen and oxygen atoms in total. The summed E-state index contributed by atoms with van der Waals surface area (Å²) in [5, 5.41) is 0. The summed E-state index contributed by atoms with van der Waals surface area (Å²) < 4.78 is 9.44. The topological polar surface area (TPSA) is 65.5 Å². The van der Waals surface area contributed by atoms with Gasteiger partial charge in [0.05, 0.1) is 31.4 Å². The molecular weight excluding hydrogens is 222 g/mol. The third kappa shape index (κ3) is 3.86. The van der Waals surface area contributed by atoms with E-state index in [1.54, 1.807) is 25.3 Å². The second-order valence-electron chi connectivity index (χ2n) is 3.29. The zero-order valence-corrected chi connectivity index (χ0v) is 9.93. The molecule has 0 saturated carbocycles. The molecule has 1 rings (SSSR count). The normalized spacial score (nSPS) is 9.76. The minimum Gasteiger partial charge on any atom is -0.466 e.